The number of carbonyl (C=O) groups is 2. The van der Waals surface area contributed by atoms with Gasteiger partial charge >= 0.3 is 5.97 Å². The summed E-state index contributed by atoms with van der Waals surface area (Å²) in [7, 11) is 0. The first-order chi connectivity index (χ1) is 8.45. The summed E-state index contributed by atoms with van der Waals surface area (Å²) < 4.78 is 0. The van der Waals surface area contributed by atoms with E-state index in [-0.39, 0.29) is 6.42 Å². The Morgan fingerprint density at radius 3 is 2.33 bits per heavy atom. The lowest BCUT2D eigenvalue weighted by atomic mass is 10.1. The Bertz CT molecular complexity index is 442. The Morgan fingerprint density at radius 2 is 1.89 bits per heavy atom. The van der Waals surface area contributed by atoms with Gasteiger partial charge in [-0.05, 0) is 24.1 Å². The molecule has 0 saturated heterocycles. The second-order valence-corrected chi connectivity index (χ2v) is 4.56. The molecule has 0 aliphatic carbocycles. The molecule has 0 unspecified atom stereocenters. The Kier molecular flexibility index (Phi) is 5.44. The van der Waals surface area contributed by atoms with Gasteiger partial charge < -0.3 is 10.4 Å². The zero-order valence-electron chi connectivity index (χ0n) is 9.74. The monoisotopic (exact) mass is 289 g/mol. The third-order valence-corrected chi connectivity index (χ3v) is 3.15. The quantitative estimate of drug-likeness (QED) is 0.875. The Hall–Kier alpha value is -1.26. The maximum Gasteiger partial charge on any atom is 0.326 e. The van der Waals surface area contributed by atoms with E-state index in [1.54, 1.807) is 25.1 Å². The average molecular weight is 290 g/mol. The molecule has 0 bridgehead atoms. The van der Waals surface area contributed by atoms with E-state index in [2.05, 4.69) is 5.32 Å². The van der Waals surface area contributed by atoms with Crippen LogP contribution in [-0.2, 0) is 16.0 Å². The number of carboxylic acid groups (broad SMARTS) is 1. The lowest BCUT2D eigenvalue weighted by molar-refractivity contribution is -0.141. The normalized spacial score (nSPS) is 11.9. The number of rotatable bonds is 5. The van der Waals surface area contributed by atoms with E-state index in [0.717, 1.165) is 0 Å². The fourth-order valence-electron chi connectivity index (χ4n) is 1.45. The molecule has 0 aliphatic rings. The van der Waals surface area contributed by atoms with Crippen LogP contribution in [0.3, 0.4) is 0 Å². The lowest BCUT2D eigenvalue weighted by Crippen LogP contribution is -2.41. The summed E-state index contributed by atoms with van der Waals surface area (Å²) in [6.07, 6.45) is 0.277. The molecule has 6 heteroatoms. The summed E-state index contributed by atoms with van der Waals surface area (Å²) in [5, 5.41) is 12.0. The molecule has 0 radical (unpaired) electrons. The van der Waals surface area contributed by atoms with E-state index in [1.165, 1.54) is 0 Å². The molecule has 1 aromatic carbocycles. The highest BCUT2D eigenvalue weighted by Crippen LogP contribution is 2.24. The molecule has 0 aromatic heterocycles. The minimum atomic E-state index is -1.06. The third kappa shape index (κ3) is 3.89. The van der Waals surface area contributed by atoms with Crippen molar-refractivity contribution < 1.29 is 14.7 Å². The first kappa shape index (κ1) is 14.8. The number of halogens is 2. The van der Waals surface area contributed by atoms with Crippen LogP contribution in [0.4, 0.5) is 0 Å². The van der Waals surface area contributed by atoms with Crippen molar-refractivity contribution in [1.82, 2.24) is 5.32 Å². The van der Waals surface area contributed by atoms with Crippen molar-refractivity contribution >= 4 is 35.1 Å². The van der Waals surface area contributed by atoms with Gasteiger partial charge in [-0.15, -0.1) is 0 Å². The predicted molar refractivity (Wildman–Crippen MR) is 70.0 cm³/mol. The molecule has 0 spiro atoms. The molecule has 0 fully saturated rings. The fourth-order valence-corrected chi connectivity index (χ4v) is 1.98. The van der Waals surface area contributed by atoms with Gasteiger partial charge in [0.05, 0.1) is 6.42 Å². The molecule has 18 heavy (non-hydrogen) atoms. The Balaban J connectivity index is 2.73. The van der Waals surface area contributed by atoms with Crippen molar-refractivity contribution in [2.24, 2.45) is 0 Å². The third-order valence-electron chi connectivity index (χ3n) is 2.44. The van der Waals surface area contributed by atoms with E-state index >= 15 is 0 Å². The number of hydrogen-bond donors (Lipinski definition) is 2. The molecule has 1 atom stereocenters. The summed E-state index contributed by atoms with van der Waals surface area (Å²) in [5.41, 5.74) is 0.499. The van der Waals surface area contributed by atoms with Gasteiger partial charge in [-0.1, -0.05) is 36.2 Å². The van der Waals surface area contributed by atoms with E-state index < -0.39 is 17.9 Å². The summed E-state index contributed by atoms with van der Waals surface area (Å²) in [5.74, 6) is -1.48. The van der Waals surface area contributed by atoms with Gasteiger partial charge in [-0.3, -0.25) is 4.79 Å². The zero-order chi connectivity index (χ0) is 13.7. The molecule has 1 rings (SSSR count). The summed E-state index contributed by atoms with van der Waals surface area (Å²) in [6.45, 7) is 1.68. The molecule has 0 aliphatic heterocycles. The van der Waals surface area contributed by atoms with E-state index in [4.69, 9.17) is 28.3 Å². The van der Waals surface area contributed by atoms with Gasteiger partial charge in [0, 0.05) is 10.0 Å². The van der Waals surface area contributed by atoms with Gasteiger partial charge in [-0.25, -0.2) is 4.79 Å². The number of carboxylic acids is 1. The Morgan fingerprint density at radius 1 is 1.33 bits per heavy atom. The van der Waals surface area contributed by atoms with Crippen molar-refractivity contribution in [1.29, 1.82) is 0 Å². The van der Waals surface area contributed by atoms with Gasteiger partial charge in [0.2, 0.25) is 5.91 Å². The number of aliphatic carboxylic acids is 1. The first-order valence-corrected chi connectivity index (χ1v) is 6.16. The van der Waals surface area contributed by atoms with E-state index in [0.29, 0.717) is 22.0 Å². The maximum atomic E-state index is 11.7. The second kappa shape index (κ2) is 6.61. The summed E-state index contributed by atoms with van der Waals surface area (Å²) in [4.78, 5) is 22.5. The molecular formula is C12H13Cl2NO3. The molecule has 2 N–H and O–H groups in total. The molecule has 0 saturated carbocycles. The van der Waals surface area contributed by atoms with Crippen LogP contribution in [0.25, 0.3) is 0 Å². The molecule has 0 heterocycles. The van der Waals surface area contributed by atoms with Crippen LogP contribution in [0, 0.1) is 0 Å². The second-order valence-electron chi connectivity index (χ2n) is 3.74. The van der Waals surface area contributed by atoms with Crippen molar-refractivity contribution in [3.8, 4) is 0 Å². The topological polar surface area (TPSA) is 66.4 Å². The number of nitrogens with one attached hydrogen (secondary N) is 1. The lowest BCUT2D eigenvalue weighted by Gasteiger charge is -2.13. The Labute approximate surface area is 115 Å². The van der Waals surface area contributed by atoms with Gasteiger partial charge in [-0.2, -0.15) is 0 Å². The van der Waals surface area contributed by atoms with Crippen LogP contribution in [0.5, 0.6) is 0 Å². The smallest absolute Gasteiger partial charge is 0.326 e. The van der Waals surface area contributed by atoms with Crippen molar-refractivity contribution in [2.45, 2.75) is 25.8 Å². The number of carbonyl (C=O) groups excluding carboxylic acids is 1. The van der Waals surface area contributed by atoms with Crippen LogP contribution in [0.1, 0.15) is 18.9 Å². The number of hydrogen-bond acceptors (Lipinski definition) is 2. The largest absolute Gasteiger partial charge is 0.480 e. The molecular weight excluding hydrogens is 277 g/mol. The van der Waals surface area contributed by atoms with Crippen LogP contribution in [0.2, 0.25) is 10.0 Å². The van der Waals surface area contributed by atoms with E-state index in [1.807, 2.05) is 0 Å². The molecule has 98 valence electrons. The summed E-state index contributed by atoms with van der Waals surface area (Å²) >= 11 is 11.9. The molecule has 4 nitrogen and oxygen atoms in total. The first-order valence-electron chi connectivity index (χ1n) is 5.40. The zero-order valence-corrected chi connectivity index (χ0v) is 11.3. The van der Waals surface area contributed by atoms with Crippen molar-refractivity contribution in [2.75, 3.05) is 0 Å². The predicted octanol–water partition coefficient (Wildman–Crippen LogP) is 2.52. The van der Waals surface area contributed by atoms with Gasteiger partial charge in [0.25, 0.3) is 0 Å². The van der Waals surface area contributed by atoms with Crippen LogP contribution in [0.15, 0.2) is 18.2 Å². The highest BCUT2D eigenvalue weighted by atomic mass is 35.5. The van der Waals surface area contributed by atoms with Gasteiger partial charge in [0.15, 0.2) is 0 Å². The molecule has 1 amide bonds. The minimum Gasteiger partial charge on any atom is -0.480 e. The van der Waals surface area contributed by atoms with Crippen molar-refractivity contribution in [3.63, 3.8) is 0 Å². The number of benzene rings is 1. The highest BCUT2D eigenvalue weighted by molar-refractivity contribution is 6.36. The fraction of sp³-hybridized carbons (Fsp3) is 0.333. The minimum absolute atomic E-state index is 0.0394. The standard InChI is InChI=1S/C12H13Cl2NO3/c1-2-10(12(17)18)15-11(16)6-7-8(13)4-3-5-9(7)14/h3-5,10H,2,6H2,1H3,(H,15,16)(H,17,18)/t10-/m1/s1. The number of amides is 1. The van der Waals surface area contributed by atoms with E-state index in [9.17, 15) is 9.59 Å². The van der Waals surface area contributed by atoms with Crippen LogP contribution >= 0.6 is 23.2 Å². The van der Waals surface area contributed by atoms with Crippen LogP contribution in [-0.4, -0.2) is 23.0 Å². The van der Waals surface area contributed by atoms with Crippen LogP contribution < -0.4 is 5.32 Å². The van der Waals surface area contributed by atoms with Crippen molar-refractivity contribution in [3.05, 3.63) is 33.8 Å². The summed E-state index contributed by atoms with van der Waals surface area (Å²) in [6, 6.07) is 4.05. The average Bonchev–Trinajstić information content (AvgIpc) is 2.30. The molecule has 1 aromatic rings. The SMILES string of the molecule is CC[C@@H](NC(=O)Cc1c(Cl)cccc1Cl)C(=O)O. The van der Waals surface area contributed by atoms with Gasteiger partial charge in [0.1, 0.15) is 6.04 Å². The highest BCUT2D eigenvalue weighted by Gasteiger charge is 2.18. The maximum absolute atomic E-state index is 11.7.